The molecule has 0 aromatic rings. The summed E-state index contributed by atoms with van der Waals surface area (Å²) in [5.74, 6) is -0.384. The molecule has 1 aliphatic rings. The molecule has 0 amide bonds. The lowest BCUT2D eigenvalue weighted by molar-refractivity contribution is -0.311. The molecule has 0 aliphatic heterocycles. The summed E-state index contributed by atoms with van der Waals surface area (Å²) in [6, 6.07) is 0. The highest BCUT2D eigenvalue weighted by Gasteiger charge is 2.64. The van der Waals surface area contributed by atoms with E-state index in [4.69, 9.17) is 28.4 Å². The zero-order valence-electron chi connectivity index (χ0n) is 25.3. The van der Waals surface area contributed by atoms with Gasteiger partial charge in [0, 0.05) is 46.4 Å². The standard InChI is InChI=1S/C31H58O7/c1-8-14-20-33-26-27(34-21-15-9-2)29(36-23-17-11-4)31(19-13-6,38-25(7)32)30(37-24-18-12-5)28(26)35-22-16-10-3/h13,26-30H,6,8-12,14-24H2,1-5,7H3/t26?,27?,28?,29-,30?,31?/m0/s1. The van der Waals surface area contributed by atoms with Crippen molar-refractivity contribution < 1.29 is 33.2 Å². The van der Waals surface area contributed by atoms with Crippen molar-refractivity contribution in [1.82, 2.24) is 0 Å². The summed E-state index contributed by atoms with van der Waals surface area (Å²) in [4.78, 5) is 12.7. The van der Waals surface area contributed by atoms with Crippen molar-refractivity contribution in [1.29, 1.82) is 0 Å². The number of unbranched alkanes of at least 4 members (excludes halogenated alkanes) is 5. The van der Waals surface area contributed by atoms with Crippen LogP contribution in [-0.4, -0.2) is 75.1 Å². The SMILES string of the molecule is C=CCC1(OC(C)=O)C(OCCCC)C(OCCCC)C(OCCCC)C(OCCCC)[C@@H]1OCCCC. The van der Waals surface area contributed by atoms with Crippen molar-refractivity contribution in [2.75, 3.05) is 33.0 Å². The Morgan fingerprint density at radius 1 is 0.632 bits per heavy atom. The Bertz CT molecular complexity index is 579. The minimum atomic E-state index is -1.15. The van der Waals surface area contributed by atoms with Crippen LogP contribution in [0.15, 0.2) is 12.7 Å². The van der Waals surface area contributed by atoms with Crippen molar-refractivity contribution in [3.8, 4) is 0 Å². The van der Waals surface area contributed by atoms with E-state index in [1.165, 1.54) is 6.92 Å². The molecule has 1 fully saturated rings. The molecule has 224 valence electrons. The van der Waals surface area contributed by atoms with Crippen LogP contribution in [0.2, 0.25) is 0 Å². The van der Waals surface area contributed by atoms with E-state index in [9.17, 15) is 4.79 Å². The summed E-state index contributed by atoms with van der Waals surface area (Å²) in [7, 11) is 0. The molecule has 0 heterocycles. The van der Waals surface area contributed by atoms with Gasteiger partial charge in [-0.05, 0) is 32.1 Å². The molecule has 0 radical (unpaired) electrons. The van der Waals surface area contributed by atoms with E-state index in [0.29, 0.717) is 39.5 Å². The third kappa shape index (κ3) is 10.9. The van der Waals surface area contributed by atoms with Crippen LogP contribution in [-0.2, 0) is 33.2 Å². The zero-order chi connectivity index (χ0) is 28.2. The van der Waals surface area contributed by atoms with Crippen LogP contribution >= 0.6 is 0 Å². The van der Waals surface area contributed by atoms with E-state index >= 15 is 0 Å². The van der Waals surface area contributed by atoms with Crippen LogP contribution in [0.25, 0.3) is 0 Å². The van der Waals surface area contributed by atoms with Gasteiger partial charge in [0.05, 0.1) is 0 Å². The van der Waals surface area contributed by atoms with Crippen molar-refractivity contribution in [3.63, 3.8) is 0 Å². The van der Waals surface area contributed by atoms with E-state index in [-0.39, 0.29) is 5.97 Å². The molecule has 1 saturated carbocycles. The lowest BCUT2D eigenvalue weighted by Gasteiger charge is -2.55. The molecule has 0 aromatic heterocycles. The Morgan fingerprint density at radius 3 is 1.29 bits per heavy atom. The predicted molar refractivity (Wildman–Crippen MR) is 153 cm³/mol. The number of hydrogen-bond donors (Lipinski definition) is 0. The van der Waals surface area contributed by atoms with Gasteiger partial charge in [-0.25, -0.2) is 0 Å². The first kappa shape index (κ1) is 35.0. The number of rotatable bonds is 23. The number of carbonyl (C=O) groups is 1. The third-order valence-corrected chi connectivity index (χ3v) is 7.02. The molecule has 5 unspecified atom stereocenters. The molecule has 38 heavy (non-hydrogen) atoms. The molecule has 0 N–H and O–H groups in total. The van der Waals surface area contributed by atoms with Crippen LogP contribution in [0.3, 0.4) is 0 Å². The fourth-order valence-electron chi connectivity index (χ4n) is 4.96. The maximum absolute atomic E-state index is 12.7. The summed E-state index contributed by atoms with van der Waals surface area (Å²) >= 11 is 0. The van der Waals surface area contributed by atoms with Gasteiger partial charge >= 0.3 is 5.97 Å². The highest BCUT2D eigenvalue weighted by molar-refractivity contribution is 5.67. The fourth-order valence-corrected chi connectivity index (χ4v) is 4.96. The van der Waals surface area contributed by atoms with Gasteiger partial charge in [-0.15, -0.1) is 6.58 Å². The summed E-state index contributed by atoms with van der Waals surface area (Å²) in [6.07, 6.45) is 9.19. The van der Waals surface area contributed by atoms with Gasteiger partial charge in [-0.3, -0.25) is 4.79 Å². The van der Waals surface area contributed by atoms with E-state index in [0.717, 1.165) is 64.2 Å². The monoisotopic (exact) mass is 542 g/mol. The number of ether oxygens (including phenoxy) is 6. The summed E-state index contributed by atoms with van der Waals surface area (Å²) in [5.41, 5.74) is -1.15. The van der Waals surface area contributed by atoms with Crippen molar-refractivity contribution in [2.45, 2.75) is 148 Å². The summed E-state index contributed by atoms with van der Waals surface area (Å²) in [5, 5.41) is 0. The van der Waals surface area contributed by atoms with Gasteiger partial charge in [0.1, 0.15) is 30.5 Å². The molecular weight excluding hydrogens is 484 g/mol. The molecule has 0 bridgehead atoms. The van der Waals surface area contributed by atoms with Crippen LogP contribution < -0.4 is 0 Å². The molecule has 7 nitrogen and oxygen atoms in total. The lowest BCUT2D eigenvalue weighted by atomic mass is 9.72. The molecule has 1 aliphatic carbocycles. The van der Waals surface area contributed by atoms with E-state index < -0.39 is 36.1 Å². The second-order valence-electron chi connectivity index (χ2n) is 10.4. The first-order valence-electron chi connectivity index (χ1n) is 15.4. The summed E-state index contributed by atoms with van der Waals surface area (Å²) < 4.78 is 39.3. The van der Waals surface area contributed by atoms with Crippen LogP contribution in [0.4, 0.5) is 0 Å². The van der Waals surface area contributed by atoms with Gasteiger partial charge in [0.25, 0.3) is 0 Å². The third-order valence-electron chi connectivity index (χ3n) is 7.02. The minimum Gasteiger partial charge on any atom is -0.453 e. The molecular formula is C31H58O7. The summed E-state index contributed by atoms with van der Waals surface area (Å²) in [6.45, 7) is 19.0. The quantitative estimate of drug-likeness (QED) is 0.0798. The number of hydrogen-bond acceptors (Lipinski definition) is 7. The van der Waals surface area contributed by atoms with Crippen molar-refractivity contribution in [2.24, 2.45) is 0 Å². The largest absolute Gasteiger partial charge is 0.453 e. The smallest absolute Gasteiger partial charge is 0.303 e. The predicted octanol–water partition coefficient (Wildman–Crippen LogP) is 6.80. The van der Waals surface area contributed by atoms with E-state index in [1.807, 2.05) is 0 Å². The van der Waals surface area contributed by atoms with Crippen molar-refractivity contribution >= 4 is 5.97 Å². The average molecular weight is 543 g/mol. The maximum Gasteiger partial charge on any atom is 0.303 e. The fraction of sp³-hybridized carbons (Fsp3) is 0.903. The second kappa shape index (κ2) is 20.8. The topological polar surface area (TPSA) is 72.5 Å². The minimum absolute atomic E-state index is 0.364. The zero-order valence-corrected chi connectivity index (χ0v) is 25.3. The number of carbonyl (C=O) groups excluding carboxylic acids is 1. The van der Waals surface area contributed by atoms with Gasteiger partial charge in [0.15, 0.2) is 5.60 Å². The Labute approximate surface area is 233 Å². The Hall–Kier alpha value is -0.990. The van der Waals surface area contributed by atoms with Gasteiger partial charge < -0.3 is 28.4 Å². The molecule has 7 heteroatoms. The Balaban J connectivity index is 3.72. The van der Waals surface area contributed by atoms with Gasteiger partial charge in [0.2, 0.25) is 0 Å². The average Bonchev–Trinajstić information content (AvgIpc) is 2.88. The maximum atomic E-state index is 12.7. The van der Waals surface area contributed by atoms with Crippen LogP contribution in [0, 0.1) is 0 Å². The van der Waals surface area contributed by atoms with Crippen molar-refractivity contribution in [3.05, 3.63) is 12.7 Å². The molecule has 1 rings (SSSR count). The van der Waals surface area contributed by atoms with Crippen LogP contribution in [0.1, 0.15) is 112 Å². The van der Waals surface area contributed by atoms with Gasteiger partial charge in [-0.1, -0.05) is 72.8 Å². The first-order chi connectivity index (χ1) is 18.5. The molecule has 6 atom stereocenters. The van der Waals surface area contributed by atoms with Crippen LogP contribution in [0.5, 0.6) is 0 Å². The normalized spacial score (nSPS) is 27.4. The lowest BCUT2D eigenvalue weighted by Crippen LogP contribution is -2.74. The molecule has 0 spiro atoms. The Morgan fingerprint density at radius 2 is 0.974 bits per heavy atom. The molecule has 0 aromatic carbocycles. The van der Waals surface area contributed by atoms with E-state index in [1.54, 1.807) is 6.08 Å². The highest BCUT2D eigenvalue weighted by Crippen LogP contribution is 2.44. The number of esters is 1. The van der Waals surface area contributed by atoms with E-state index in [2.05, 4.69) is 41.2 Å². The molecule has 0 saturated heterocycles. The first-order valence-corrected chi connectivity index (χ1v) is 15.4. The van der Waals surface area contributed by atoms with Gasteiger partial charge in [-0.2, -0.15) is 0 Å². The Kier molecular flexibility index (Phi) is 19.2. The highest BCUT2D eigenvalue weighted by atomic mass is 16.6. The second-order valence-corrected chi connectivity index (χ2v) is 10.4.